The van der Waals surface area contributed by atoms with E-state index >= 15 is 0 Å². The van der Waals surface area contributed by atoms with Crippen molar-refractivity contribution in [2.45, 2.75) is 33.6 Å². The highest BCUT2D eigenvalue weighted by atomic mass is 32.1. The van der Waals surface area contributed by atoms with Gasteiger partial charge in [-0.1, -0.05) is 11.3 Å². The fraction of sp³-hybridized carbons (Fsp3) is 0.467. The Balaban J connectivity index is 1.97. The average molecular weight is 289 g/mol. The highest BCUT2D eigenvalue weighted by Gasteiger charge is 2.24. The van der Waals surface area contributed by atoms with Crippen LogP contribution in [0.1, 0.15) is 39.6 Å². The molecule has 1 aliphatic heterocycles. The first kappa shape index (κ1) is 13.4. The second-order valence-corrected chi connectivity index (χ2v) is 6.34. The van der Waals surface area contributed by atoms with Crippen LogP contribution < -0.4 is 0 Å². The van der Waals surface area contributed by atoms with Gasteiger partial charge in [-0.25, -0.2) is 4.98 Å². The molecule has 20 heavy (non-hydrogen) atoms. The molecule has 0 aromatic carbocycles. The number of aromatic nitrogens is 2. The van der Waals surface area contributed by atoms with Gasteiger partial charge >= 0.3 is 0 Å². The maximum absolute atomic E-state index is 12.5. The molecule has 1 amide bonds. The van der Waals surface area contributed by atoms with Crippen molar-refractivity contribution in [3.8, 4) is 5.13 Å². The second-order valence-electron chi connectivity index (χ2n) is 5.36. The van der Waals surface area contributed by atoms with Crippen molar-refractivity contribution < 1.29 is 4.79 Å². The summed E-state index contributed by atoms with van der Waals surface area (Å²) < 4.78 is 2.11. The van der Waals surface area contributed by atoms with E-state index in [1.54, 1.807) is 0 Å². The number of carbonyl (C=O) groups excluding carboxylic acids is 1. The largest absolute Gasteiger partial charge is 0.338 e. The van der Waals surface area contributed by atoms with Crippen molar-refractivity contribution in [3.05, 3.63) is 34.1 Å². The fourth-order valence-corrected chi connectivity index (χ4v) is 3.86. The van der Waals surface area contributed by atoms with Crippen molar-refractivity contribution in [2.75, 3.05) is 13.1 Å². The molecule has 1 aliphatic rings. The van der Waals surface area contributed by atoms with E-state index in [1.807, 2.05) is 11.8 Å². The molecule has 0 spiro atoms. The van der Waals surface area contributed by atoms with E-state index < -0.39 is 0 Å². The minimum atomic E-state index is 0.145. The van der Waals surface area contributed by atoms with E-state index in [9.17, 15) is 4.79 Å². The maximum Gasteiger partial charge on any atom is 0.265 e. The van der Waals surface area contributed by atoms with Crippen LogP contribution in [0.25, 0.3) is 5.13 Å². The van der Waals surface area contributed by atoms with Crippen LogP contribution in [-0.4, -0.2) is 33.4 Å². The van der Waals surface area contributed by atoms with Crippen molar-refractivity contribution in [1.29, 1.82) is 0 Å². The molecule has 0 bridgehead atoms. The summed E-state index contributed by atoms with van der Waals surface area (Å²) in [5.74, 6) is 0.145. The first-order valence-corrected chi connectivity index (χ1v) is 7.81. The minimum Gasteiger partial charge on any atom is -0.338 e. The first-order valence-electron chi connectivity index (χ1n) is 7.00. The second kappa shape index (κ2) is 5.05. The third kappa shape index (κ3) is 2.16. The zero-order valence-corrected chi connectivity index (χ0v) is 13.0. The summed E-state index contributed by atoms with van der Waals surface area (Å²) in [6, 6.07) is 4.15. The number of amides is 1. The third-order valence-electron chi connectivity index (χ3n) is 3.84. The number of carbonyl (C=O) groups is 1. The van der Waals surface area contributed by atoms with Crippen LogP contribution in [0.3, 0.4) is 0 Å². The zero-order chi connectivity index (χ0) is 14.3. The van der Waals surface area contributed by atoms with Gasteiger partial charge in [0.25, 0.3) is 5.91 Å². The van der Waals surface area contributed by atoms with Gasteiger partial charge in [-0.05, 0) is 45.7 Å². The number of hydrogen-bond acceptors (Lipinski definition) is 3. The summed E-state index contributed by atoms with van der Waals surface area (Å²) in [5.41, 5.74) is 3.14. The molecule has 3 rings (SSSR count). The first-order chi connectivity index (χ1) is 9.58. The monoisotopic (exact) mass is 289 g/mol. The molecule has 0 N–H and O–H groups in total. The van der Waals surface area contributed by atoms with Crippen LogP contribution in [0.2, 0.25) is 0 Å². The molecule has 2 aromatic rings. The molecule has 1 fully saturated rings. The Bertz CT molecular complexity index is 631. The van der Waals surface area contributed by atoms with E-state index in [0.29, 0.717) is 0 Å². The molecule has 0 aliphatic carbocycles. The van der Waals surface area contributed by atoms with Crippen LogP contribution in [0.5, 0.6) is 0 Å². The number of rotatable bonds is 2. The zero-order valence-electron chi connectivity index (χ0n) is 12.1. The van der Waals surface area contributed by atoms with Gasteiger partial charge in [0.05, 0.1) is 5.69 Å². The minimum absolute atomic E-state index is 0.145. The van der Waals surface area contributed by atoms with Crippen molar-refractivity contribution >= 4 is 17.2 Å². The number of thiazole rings is 1. The highest BCUT2D eigenvalue weighted by molar-refractivity contribution is 7.16. The molecule has 0 radical (unpaired) electrons. The van der Waals surface area contributed by atoms with E-state index in [2.05, 4.69) is 35.5 Å². The normalized spacial score (nSPS) is 15.1. The highest BCUT2D eigenvalue weighted by Crippen LogP contribution is 2.26. The molecule has 106 valence electrons. The molecular formula is C15H19N3OS. The number of likely N-dealkylation sites (tertiary alicyclic amines) is 1. The third-order valence-corrected chi connectivity index (χ3v) is 4.97. The van der Waals surface area contributed by atoms with Crippen LogP contribution in [-0.2, 0) is 0 Å². The summed E-state index contributed by atoms with van der Waals surface area (Å²) >= 11 is 1.50. The standard InChI is InChI=1S/C15H19N3OS/c1-10-6-7-11(2)18(10)15-16-12(3)13(20-15)14(19)17-8-4-5-9-17/h6-7H,4-5,8-9H2,1-3H3. The molecule has 0 atom stereocenters. The lowest BCUT2D eigenvalue weighted by Gasteiger charge is -2.13. The molecule has 5 heteroatoms. The predicted octanol–water partition coefficient (Wildman–Crippen LogP) is 3.10. The van der Waals surface area contributed by atoms with E-state index in [1.165, 1.54) is 11.3 Å². The van der Waals surface area contributed by atoms with E-state index in [4.69, 9.17) is 0 Å². The van der Waals surface area contributed by atoms with E-state index in [0.717, 1.165) is 53.0 Å². The van der Waals surface area contributed by atoms with Gasteiger partial charge in [0.15, 0.2) is 5.13 Å². The van der Waals surface area contributed by atoms with Crippen LogP contribution in [0.4, 0.5) is 0 Å². The molecule has 2 aromatic heterocycles. The summed E-state index contributed by atoms with van der Waals surface area (Å²) in [5, 5.41) is 0.894. The summed E-state index contributed by atoms with van der Waals surface area (Å²) in [4.78, 5) is 19.8. The Labute approximate surface area is 123 Å². The van der Waals surface area contributed by atoms with Gasteiger partial charge in [0, 0.05) is 24.5 Å². The molecule has 0 saturated carbocycles. The average Bonchev–Trinajstić information content (AvgIpc) is 3.10. The molecule has 4 nitrogen and oxygen atoms in total. The fourth-order valence-electron chi connectivity index (χ4n) is 2.71. The Morgan fingerprint density at radius 3 is 2.35 bits per heavy atom. The topological polar surface area (TPSA) is 38.1 Å². The lowest BCUT2D eigenvalue weighted by molar-refractivity contribution is 0.0796. The van der Waals surface area contributed by atoms with Gasteiger partial charge in [-0.15, -0.1) is 0 Å². The number of aryl methyl sites for hydroxylation is 3. The van der Waals surface area contributed by atoms with Crippen molar-refractivity contribution in [1.82, 2.24) is 14.5 Å². The van der Waals surface area contributed by atoms with Crippen LogP contribution >= 0.6 is 11.3 Å². The molecule has 1 saturated heterocycles. The van der Waals surface area contributed by atoms with Gasteiger partial charge < -0.3 is 4.90 Å². The summed E-state index contributed by atoms with van der Waals surface area (Å²) in [7, 11) is 0. The summed E-state index contributed by atoms with van der Waals surface area (Å²) in [6.07, 6.45) is 2.23. The Morgan fingerprint density at radius 2 is 1.75 bits per heavy atom. The van der Waals surface area contributed by atoms with Crippen molar-refractivity contribution in [2.24, 2.45) is 0 Å². The van der Waals surface area contributed by atoms with Crippen LogP contribution in [0, 0.1) is 20.8 Å². The van der Waals surface area contributed by atoms with Gasteiger partial charge in [-0.2, -0.15) is 0 Å². The molecule has 0 unspecified atom stereocenters. The Kier molecular flexibility index (Phi) is 3.38. The van der Waals surface area contributed by atoms with E-state index in [-0.39, 0.29) is 5.91 Å². The molecular weight excluding hydrogens is 270 g/mol. The molecule has 3 heterocycles. The van der Waals surface area contributed by atoms with Crippen LogP contribution in [0.15, 0.2) is 12.1 Å². The Hall–Kier alpha value is -1.62. The number of hydrogen-bond donors (Lipinski definition) is 0. The SMILES string of the molecule is Cc1nc(-n2c(C)ccc2C)sc1C(=O)N1CCCC1. The quantitative estimate of drug-likeness (QED) is 0.852. The van der Waals surface area contributed by atoms with Gasteiger partial charge in [-0.3, -0.25) is 9.36 Å². The maximum atomic E-state index is 12.5. The number of nitrogens with zero attached hydrogens (tertiary/aromatic N) is 3. The lowest BCUT2D eigenvalue weighted by Crippen LogP contribution is -2.27. The van der Waals surface area contributed by atoms with Gasteiger partial charge in [0.2, 0.25) is 0 Å². The summed E-state index contributed by atoms with van der Waals surface area (Å²) in [6.45, 7) is 7.81. The lowest BCUT2D eigenvalue weighted by atomic mass is 10.3. The van der Waals surface area contributed by atoms with Gasteiger partial charge in [0.1, 0.15) is 4.88 Å². The smallest absolute Gasteiger partial charge is 0.265 e. The van der Waals surface area contributed by atoms with Crippen molar-refractivity contribution in [3.63, 3.8) is 0 Å². The Morgan fingerprint density at radius 1 is 1.15 bits per heavy atom. The predicted molar refractivity (Wildman–Crippen MR) is 80.8 cm³/mol.